The van der Waals surface area contributed by atoms with E-state index in [0.717, 1.165) is 6.07 Å². The van der Waals surface area contributed by atoms with Crippen LogP contribution in [0.4, 0.5) is 10.1 Å². The van der Waals surface area contributed by atoms with Crippen LogP contribution < -0.4 is 10.5 Å². The molecule has 1 saturated heterocycles. The summed E-state index contributed by atoms with van der Waals surface area (Å²) in [7, 11) is -3.72. The van der Waals surface area contributed by atoms with Crippen LogP contribution in [0.3, 0.4) is 0 Å². The molecule has 1 aliphatic heterocycles. The minimum Gasteiger partial charge on any atom is -0.377 e. The van der Waals surface area contributed by atoms with Crippen molar-refractivity contribution in [3.63, 3.8) is 0 Å². The Morgan fingerprint density at radius 1 is 1.46 bits per heavy atom. The van der Waals surface area contributed by atoms with Gasteiger partial charge in [0.05, 0.1) is 48.0 Å². The van der Waals surface area contributed by atoms with Gasteiger partial charge in [-0.05, 0) is 17.7 Å². The molecule has 7 nitrogen and oxygen atoms in total. The third kappa shape index (κ3) is 3.86. The molecule has 2 atom stereocenters. The summed E-state index contributed by atoms with van der Waals surface area (Å²) < 4.78 is 47.1. The van der Waals surface area contributed by atoms with Gasteiger partial charge in [-0.3, -0.25) is 9.40 Å². The second-order valence-electron chi connectivity index (χ2n) is 5.59. The molecule has 0 aliphatic carbocycles. The molecule has 3 N–H and O–H groups in total. The highest BCUT2D eigenvalue weighted by atomic mass is 35.5. The number of halogens is 2. The Bertz CT molecular complexity index is 842. The van der Waals surface area contributed by atoms with Crippen molar-refractivity contribution in [2.75, 3.05) is 17.9 Å². The first-order chi connectivity index (χ1) is 11.3. The second-order valence-corrected chi connectivity index (χ2v) is 7.72. The number of aromatic nitrogens is 2. The molecule has 0 spiro atoms. The summed E-state index contributed by atoms with van der Waals surface area (Å²) in [4.78, 5) is 0. The summed E-state index contributed by atoms with van der Waals surface area (Å²) in [6, 6.07) is 3.56. The average Bonchev–Trinajstić information content (AvgIpc) is 3.11. The van der Waals surface area contributed by atoms with E-state index in [1.165, 1.54) is 18.3 Å². The number of rotatable bonds is 5. The van der Waals surface area contributed by atoms with Gasteiger partial charge in [-0.2, -0.15) is 5.10 Å². The molecule has 3 rings (SSSR count). The molecule has 24 heavy (non-hydrogen) atoms. The van der Waals surface area contributed by atoms with E-state index in [2.05, 4.69) is 9.82 Å². The molecule has 2 heterocycles. The maximum atomic E-state index is 13.4. The molecule has 1 aromatic carbocycles. The van der Waals surface area contributed by atoms with Gasteiger partial charge in [-0.25, -0.2) is 12.8 Å². The summed E-state index contributed by atoms with van der Waals surface area (Å²) >= 11 is 5.59. The van der Waals surface area contributed by atoms with Crippen LogP contribution in [0.25, 0.3) is 0 Å². The molecule has 2 aromatic rings. The Balaban J connectivity index is 1.70. The Kier molecular flexibility index (Phi) is 4.77. The van der Waals surface area contributed by atoms with E-state index in [1.54, 1.807) is 10.9 Å². The number of nitrogens with zero attached hydrogens (tertiary/aromatic N) is 2. The molecule has 0 bridgehead atoms. The first-order valence-corrected chi connectivity index (χ1v) is 9.19. The second kappa shape index (κ2) is 6.67. The summed E-state index contributed by atoms with van der Waals surface area (Å²) in [6.45, 7) is 0.868. The fraction of sp³-hybridized carbons (Fsp3) is 0.357. The monoisotopic (exact) mass is 374 g/mol. The highest BCUT2D eigenvalue weighted by molar-refractivity contribution is 7.91. The molecule has 130 valence electrons. The number of anilines is 1. The molecular weight excluding hydrogens is 359 g/mol. The van der Waals surface area contributed by atoms with E-state index in [4.69, 9.17) is 22.1 Å². The number of sulfonamides is 1. The van der Waals surface area contributed by atoms with Gasteiger partial charge in [-0.1, -0.05) is 17.7 Å². The number of ether oxygens (including phenoxy) is 1. The highest BCUT2D eigenvalue weighted by Gasteiger charge is 2.27. The van der Waals surface area contributed by atoms with Crippen molar-refractivity contribution in [1.82, 2.24) is 9.78 Å². The molecule has 0 radical (unpaired) electrons. The zero-order valence-electron chi connectivity index (χ0n) is 12.5. The molecule has 10 heteroatoms. The van der Waals surface area contributed by atoms with Crippen LogP contribution in [0, 0.1) is 5.82 Å². The van der Waals surface area contributed by atoms with E-state index < -0.39 is 15.8 Å². The van der Waals surface area contributed by atoms with E-state index >= 15 is 0 Å². The lowest BCUT2D eigenvalue weighted by molar-refractivity contribution is 0.183. The van der Waals surface area contributed by atoms with E-state index in [0.29, 0.717) is 24.5 Å². The first kappa shape index (κ1) is 17.2. The predicted octanol–water partition coefficient (Wildman–Crippen LogP) is 1.52. The van der Waals surface area contributed by atoms with E-state index in [-0.39, 0.29) is 22.9 Å². The van der Waals surface area contributed by atoms with Crippen LogP contribution in [0.5, 0.6) is 0 Å². The van der Waals surface area contributed by atoms with Gasteiger partial charge in [0.25, 0.3) is 0 Å². The van der Waals surface area contributed by atoms with Crippen molar-refractivity contribution in [2.24, 2.45) is 5.73 Å². The zero-order valence-corrected chi connectivity index (χ0v) is 14.1. The first-order valence-electron chi connectivity index (χ1n) is 7.16. The lowest BCUT2D eigenvalue weighted by Gasteiger charge is -2.13. The Labute approximate surface area is 143 Å². The van der Waals surface area contributed by atoms with Crippen molar-refractivity contribution >= 4 is 27.3 Å². The van der Waals surface area contributed by atoms with E-state index in [1.807, 2.05) is 0 Å². The molecule has 1 aliphatic rings. The number of hydrogen-bond donors (Lipinski definition) is 2. The maximum absolute atomic E-state index is 13.4. The fourth-order valence-corrected chi connectivity index (χ4v) is 3.74. The van der Waals surface area contributed by atoms with Crippen molar-refractivity contribution in [1.29, 1.82) is 0 Å². The Hall–Kier alpha value is -1.68. The molecule has 1 aromatic heterocycles. The van der Waals surface area contributed by atoms with Crippen LogP contribution in [-0.2, 0) is 20.5 Å². The number of nitrogens with two attached hydrogens (primary N) is 1. The summed E-state index contributed by atoms with van der Waals surface area (Å²) in [6.07, 6.45) is 2.95. The highest BCUT2D eigenvalue weighted by Crippen LogP contribution is 2.21. The van der Waals surface area contributed by atoms with Gasteiger partial charge in [0.2, 0.25) is 10.0 Å². The lowest BCUT2D eigenvalue weighted by atomic mass is 10.2. The van der Waals surface area contributed by atoms with Crippen molar-refractivity contribution < 1.29 is 17.5 Å². The zero-order chi connectivity index (χ0) is 17.3. The molecule has 0 saturated carbocycles. The van der Waals surface area contributed by atoms with Gasteiger partial charge in [0, 0.05) is 6.20 Å². The normalized spacial score (nSPS) is 21.1. The van der Waals surface area contributed by atoms with Crippen LogP contribution in [-0.4, -0.2) is 37.5 Å². The topological polar surface area (TPSA) is 99.2 Å². The van der Waals surface area contributed by atoms with Gasteiger partial charge in [0.1, 0.15) is 5.82 Å². The van der Waals surface area contributed by atoms with E-state index in [9.17, 15) is 12.8 Å². The predicted molar refractivity (Wildman–Crippen MR) is 87.7 cm³/mol. The summed E-state index contributed by atoms with van der Waals surface area (Å²) in [5, 5.41) is 4.06. The third-order valence-corrected chi connectivity index (χ3v) is 5.22. The largest absolute Gasteiger partial charge is 0.377 e. The van der Waals surface area contributed by atoms with Gasteiger partial charge >= 0.3 is 0 Å². The van der Waals surface area contributed by atoms with Gasteiger partial charge in [0.15, 0.2) is 0 Å². The van der Waals surface area contributed by atoms with Crippen molar-refractivity contribution in [3.8, 4) is 0 Å². The third-order valence-electron chi connectivity index (χ3n) is 3.65. The SMILES string of the molecule is N[C@@H]1COC[C@@H]1n1cc(NS(=O)(=O)Cc2ccc(Cl)c(F)c2)cn1. The average molecular weight is 375 g/mol. The standard InChI is InChI=1S/C14H16ClFN4O3S/c15-11-2-1-9(3-12(11)16)8-24(21,22)19-10-4-18-20(5-10)14-7-23-6-13(14)17/h1-5,13-14,19H,6-8,17H2/t13-,14+/m1/s1. The summed E-state index contributed by atoms with van der Waals surface area (Å²) in [5.74, 6) is -1.04. The summed E-state index contributed by atoms with van der Waals surface area (Å²) in [5.41, 5.74) is 6.51. The Morgan fingerprint density at radius 3 is 2.92 bits per heavy atom. The molecule has 0 amide bonds. The van der Waals surface area contributed by atoms with Crippen LogP contribution in [0.15, 0.2) is 30.6 Å². The number of hydrogen-bond acceptors (Lipinski definition) is 5. The maximum Gasteiger partial charge on any atom is 0.237 e. The molecule has 0 unspecified atom stereocenters. The number of benzene rings is 1. The van der Waals surface area contributed by atoms with Gasteiger partial charge < -0.3 is 10.5 Å². The Morgan fingerprint density at radius 2 is 2.25 bits per heavy atom. The van der Waals surface area contributed by atoms with Crippen molar-refractivity contribution in [3.05, 3.63) is 47.0 Å². The van der Waals surface area contributed by atoms with Crippen LogP contribution >= 0.6 is 11.6 Å². The minimum absolute atomic E-state index is 0.0551. The molecule has 1 fully saturated rings. The molecular formula is C14H16ClFN4O3S. The lowest BCUT2D eigenvalue weighted by Crippen LogP contribution is -2.31. The van der Waals surface area contributed by atoms with Crippen molar-refractivity contribution in [2.45, 2.75) is 17.8 Å². The number of nitrogens with one attached hydrogen (secondary N) is 1. The fourth-order valence-electron chi connectivity index (χ4n) is 2.47. The quantitative estimate of drug-likeness (QED) is 0.826. The van der Waals surface area contributed by atoms with Gasteiger partial charge in [-0.15, -0.1) is 0 Å². The minimum atomic E-state index is -3.72. The van der Waals surface area contributed by atoms with Crippen LogP contribution in [0.2, 0.25) is 5.02 Å². The van der Waals surface area contributed by atoms with Crippen LogP contribution in [0.1, 0.15) is 11.6 Å². The smallest absolute Gasteiger partial charge is 0.237 e.